The molecule has 0 radical (unpaired) electrons. The van der Waals surface area contributed by atoms with Gasteiger partial charge in [-0.2, -0.15) is 5.10 Å². The van der Waals surface area contributed by atoms with E-state index < -0.39 is 36.0 Å². The molecule has 0 aromatic carbocycles. The molecule has 0 aliphatic heterocycles. The zero-order valence-electron chi connectivity index (χ0n) is 14.9. The summed E-state index contributed by atoms with van der Waals surface area (Å²) < 4.78 is 54.8. The van der Waals surface area contributed by atoms with Crippen LogP contribution in [0.4, 0.5) is 23.4 Å². The lowest BCUT2D eigenvalue weighted by Gasteiger charge is -2.43. The molecule has 0 atom stereocenters. The molecule has 3 aliphatic rings. The van der Waals surface area contributed by atoms with Gasteiger partial charge in [-0.3, -0.25) is 4.79 Å². The maximum atomic E-state index is 13.3. The van der Waals surface area contributed by atoms with Gasteiger partial charge >= 0.3 is 0 Å². The van der Waals surface area contributed by atoms with Gasteiger partial charge in [-0.1, -0.05) is 6.92 Å². The minimum atomic E-state index is -2.79. The lowest BCUT2D eigenvalue weighted by molar-refractivity contribution is -0.170. The Balaban J connectivity index is 1.58. The van der Waals surface area contributed by atoms with Gasteiger partial charge in [0.1, 0.15) is 5.82 Å². The highest BCUT2D eigenvalue weighted by molar-refractivity contribution is 5.96. The van der Waals surface area contributed by atoms with Crippen LogP contribution in [0, 0.1) is 12.3 Å². The molecule has 4 rings (SSSR count). The Morgan fingerprint density at radius 1 is 1.15 bits per heavy atom. The first-order valence-corrected chi connectivity index (χ1v) is 9.16. The van der Waals surface area contributed by atoms with Crippen molar-refractivity contribution in [3.8, 4) is 0 Å². The summed E-state index contributed by atoms with van der Waals surface area (Å²) in [6.45, 7) is 3.30. The molecule has 8 heteroatoms. The van der Waals surface area contributed by atoms with Gasteiger partial charge in [0.25, 0.3) is 0 Å². The number of carbonyl (C=O) groups is 1. The zero-order valence-corrected chi connectivity index (χ0v) is 14.9. The van der Waals surface area contributed by atoms with E-state index in [0.29, 0.717) is 17.1 Å². The standard InChI is InChI=1S/C18H23F4N3O/c1-10-13(11-6-17(19,20)7-11)24-25(12-4-3-5-12)14(10)23-15(26)16(2)8-18(21,22)9-16/h11-12H,3-9H2,1-2H3,(H,23,26). The van der Waals surface area contributed by atoms with Crippen LogP contribution in [0.25, 0.3) is 0 Å². The number of nitrogens with zero attached hydrogens (tertiary/aromatic N) is 2. The fourth-order valence-corrected chi connectivity index (χ4v) is 4.33. The molecule has 1 aromatic heterocycles. The average Bonchev–Trinajstić information content (AvgIpc) is 2.70. The van der Waals surface area contributed by atoms with Crippen LogP contribution in [0.15, 0.2) is 0 Å². The van der Waals surface area contributed by atoms with E-state index >= 15 is 0 Å². The quantitative estimate of drug-likeness (QED) is 0.771. The highest BCUT2D eigenvalue weighted by Gasteiger charge is 2.58. The molecule has 4 nitrogen and oxygen atoms in total. The highest BCUT2D eigenvalue weighted by atomic mass is 19.3. The largest absolute Gasteiger partial charge is 0.310 e. The molecular weight excluding hydrogens is 350 g/mol. The van der Waals surface area contributed by atoms with Crippen LogP contribution in [0.2, 0.25) is 0 Å². The number of nitrogens with one attached hydrogen (secondary N) is 1. The van der Waals surface area contributed by atoms with Crippen LogP contribution < -0.4 is 5.32 Å². The Bertz CT molecular complexity index is 738. The van der Waals surface area contributed by atoms with E-state index in [-0.39, 0.29) is 24.8 Å². The second-order valence-electron chi connectivity index (χ2n) is 8.57. The lowest BCUT2D eigenvalue weighted by atomic mass is 9.67. The van der Waals surface area contributed by atoms with Crippen LogP contribution in [0.3, 0.4) is 0 Å². The van der Waals surface area contributed by atoms with E-state index in [2.05, 4.69) is 10.4 Å². The number of anilines is 1. The third kappa shape index (κ3) is 2.81. The van der Waals surface area contributed by atoms with E-state index in [1.807, 2.05) is 0 Å². The summed E-state index contributed by atoms with van der Waals surface area (Å²) in [7, 11) is 0. The van der Waals surface area contributed by atoms with Crippen LogP contribution in [-0.2, 0) is 4.79 Å². The number of aromatic nitrogens is 2. The van der Waals surface area contributed by atoms with Crippen molar-refractivity contribution in [2.45, 2.75) is 82.6 Å². The van der Waals surface area contributed by atoms with Gasteiger partial charge in [0.2, 0.25) is 17.8 Å². The molecule has 0 bridgehead atoms. The molecule has 1 heterocycles. The summed E-state index contributed by atoms with van der Waals surface area (Å²) in [4.78, 5) is 12.6. The van der Waals surface area contributed by atoms with E-state index in [4.69, 9.17) is 0 Å². The number of alkyl halides is 4. The van der Waals surface area contributed by atoms with E-state index in [1.54, 1.807) is 11.6 Å². The van der Waals surface area contributed by atoms with Crippen molar-refractivity contribution in [2.75, 3.05) is 5.32 Å². The van der Waals surface area contributed by atoms with Crippen molar-refractivity contribution >= 4 is 11.7 Å². The van der Waals surface area contributed by atoms with E-state index in [0.717, 1.165) is 19.3 Å². The molecule has 144 valence electrons. The second-order valence-corrected chi connectivity index (χ2v) is 8.57. The number of halogens is 4. The Morgan fingerprint density at radius 2 is 1.77 bits per heavy atom. The van der Waals surface area contributed by atoms with Crippen molar-refractivity contribution < 1.29 is 22.4 Å². The van der Waals surface area contributed by atoms with E-state index in [9.17, 15) is 22.4 Å². The number of carbonyl (C=O) groups excluding carboxylic acids is 1. The summed E-state index contributed by atoms with van der Waals surface area (Å²) in [5.74, 6) is -5.71. The maximum Gasteiger partial charge on any atom is 0.250 e. The maximum absolute atomic E-state index is 13.3. The minimum absolute atomic E-state index is 0.133. The van der Waals surface area contributed by atoms with Gasteiger partial charge in [0, 0.05) is 37.2 Å². The predicted octanol–water partition coefficient (Wildman–Crippen LogP) is 4.80. The van der Waals surface area contributed by atoms with Crippen LogP contribution in [0.5, 0.6) is 0 Å². The first-order chi connectivity index (χ1) is 12.0. The molecule has 3 saturated carbocycles. The van der Waals surface area contributed by atoms with Gasteiger partial charge < -0.3 is 5.32 Å². The molecule has 0 saturated heterocycles. The number of rotatable bonds is 4. The fraction of sp³-hybridized carbons (Fsp3) is 0.778. The number of amides is 1. The molecule has 3 fully saturated rings. The monoisotopic (exact) mass is 373 g/mol. The van der Waals surface area contributed by atoms with E-state index in [1.165, 1.54) is 6.92 Å². The van der Waals surface area contributed by atoms with Gasteiger partial charge in [-0.25, -0.2) is 22.2 Å². The Hall–Kier alpha value is -1.60. The first-order valence-electron chi connectivity index (χ1n) is 9.16. The number of hydrogen-bond acceptors (Lipinski definition) is 2. The summed E-state index contributed by atoms with van der Waals surface area (Å²) >= 11 is 0. The summed E-state index contributed by atoms with van der Waals surface area (Å²) in [5, 5.41) is 7.34. The van der Waals surface area contributed by atoms with Crippen LogP contribution >= 0.6 is 0 Å². The third-order valence-corrected chi connectivity index (χ3v) is 6.16. The molecule has 3 aliphatic carbocycles. The molecule has 1 aromatic rings. The van der Waals surface area contributed by atoms with Crippen molar-refractivity contribution in [3.63, 3.8) is 0 Å². The molecule has 1 N–H and O–H groups in total. The molecule has 1 amide bonds. The lowest BCUT2D eigenvalue weighted by Crippen LogP contribution is -2.51. The summed E-state index contributed by atoms with van der Waals surface area (Å²) in [6, 6.07) is 0.133. The van der Waals surface area contributed by atoms with Crippen LogP contribution in [0.1, 0.15) is 75.1 Å². The molecule has 0 unspecified atom stereocenters. The van der Waals surface area contributed by atoms with Gasteiger partial charge in [-0.05, 0) is 26.2 Å². The highest BCUT2D eigenvalue weighted by Crippen LogP contribution is 2.53. The van der Waals surface area contributed by atoms with Gasteiger partial charge in [0.05, 0.1) is 17.2 Å². The number of hydrogen-bond donors (Lipinski definition) is 1. The van der Waals surface area contributed by atoms with Gasteiger partial charge in [0.15, 0.2) is 0 Å². The van der Waals surface area contributed by atoms with Crippen molar-refractivity contribution in [3.05, 3.63) is 11.3 Å². The topological polar surface area (TPSA) is 46.9 Å². The van der Waals surface area contributed by atoms with Gasteiger partial charge in [-0.15, -0.1) is 0 Å². The van der Waals surface area contributed by atoms with Crippen LogP contribution in [-0.4, -0.2) is 27.5 Å². The van der Waals surface area contributed by atoms with Crippen molar-refractivity contribution in [1.82, 2.24) is 9.78 Å². The second kappa shape index (κ2) is 5.45. The Kier molecular flexibility index (Phi) is 3.73. The normalized spacial score (nSPS) is 26.5. The van der Waals surface area contributed by atoms with Crippen molar-refractivity contribution in [2.24, 2.45) is 5.41 Å². The predicted molar refractivity (Wildman–Crippen MR) is 87.7 cm³/mol. The zero-order chi connectivity index (χ0) is 18.9. The molecular formula is C18H23F4N3O. The third-order valence-electron chi connectivity index (χ3n) is 6.16. The summed E-state index contributed by atoms with van der Waals surface area (Å²) in [5.41, 5.74) is 0.177. The fourth-order valence-electron chi connectivity index (χ4n) is 4.33. The SMILES string of the molecule is Cc1c(C2CC(F)(F)C2)nn(C2CCC2)c1NC(=O)C1(C)CC(F)(F)C1. The van der Waals surface area contributed by atoms with Crippen molar-refractivity contribution in [1.29, 1.82) is 0 Å². The summed E-state index contributed by atoms with van der Waals surface area (Å²) in [6.07, 6.45) is 1.49. The molecule has 26 heavy (non-hydrogen) atoms. The smallest absolute Gasteiger partial charge is 0.250 e. The molecule has 0 spiro atoms. The Morgan fingerprint density at radius 3 is 2.23 bits per heavy atom. The first kappa shape index (κ1) is 17.8. The average molecular weight is 373 g/mol. The minimum Gasteiger partial charge on any atom is -0.310 e. The Labute approximate surface area is 149 Å².